The molecule has 0 saturated carbocycles. The number of nitrogens with one attached hydrogen (secondary N) is 1. The fourth-order valence-corrected chi connectivity index (χ4v) is 2.33. The van der Waals surface area contributed by atoms with E-state index in [0.29, 0.717) is 17.8 Å². The number of hydrogen-bond acceptors (Lipinski definition) is 3. The van der Waals surface area contributed by atoms with Crippen LogP contribution in [0.2, 0.25) is 0 Å². The smallest absolute Gasteiger partial charge is 0.224 e. The first-order valence-corrected chi connectivity index (χ1v) is 6.08. The largest absolute Gasteiger partial charge is 0.331 e. The molecule has 2 heterocycles. The van der Waals surface area contributed by atoms with E-state index in [1.165, 1.54) is 0 Å². The average molecular weight is 255 g/mol. The quantitative estimate of drug-likeness (QED) is 0.832. The lowest BCUT2D eigenvalue weighted by atomic mass is 9.99. The number of carbonyl (C=O) groups excluding carboxylic acids is 2. The van der Waals surface area contributed by atoms with Crippen molar-refractivity contribution in [3.8, 4) is 11.3 Å². The molecule has 1 aromatic carbocycles. The van der Waals surface area contributed by atoms with Gasteiger partial charge in [0.1, 0.15) is 5.69 Å². The van der Waals surface area contributed by atoms with Crippen LogP contribution in [0.25, 0.3) is 11.3 Å². The van der Waals surface area contributed by atoms with Crippen molar-refractivity contribution in [2.45, 2.75) is 12.8 Å². The molecule has 2 aromatic rings. The number of imidazole rings is 1. The summed E-state index contributed by atoms with van der Waals surface area (Å²) < 4.78 is 1.70. The number of aryl methyl sites for hydroxylation is 2. The van der Waals surface area contributed by atoms with Gasteiger partial charge in [0.25, 0.3) is 0 Å². The number of hydrogen-bond donors (Lipinski definition) is 1. The van der Waals surface area contributed by atoms with Crippen molar-refractivity contribution in [2.24, 2.45) is 7.05 Å². The summed E-state index contributed by atoms with van der Waals surface area (Å²) in [5.74, 6) is 0.0478. The van der Waals surface area contributed by atoms with Gasteiger partial charge in [-0.15, -0.1) is 0 Å². The second-order valence-electron chi connectivity index (χ2n) is 4.63. The van der Waals surface area contributed by atoms with Gasteiger partial charge in [0.05, 0.1) is 12.0 Å². The Hall–Kier alpha value is -2.43. The highest BCUT2D eigenvalue weighted by Crippen LogP contribution is 2.29. The Morgan fingerprint density at radius 2 is 2.21 bits per heavy atom. The van der Waals surface area contributed by atoms with Gasteiger partial charge in [-0.05, 0) is 24.1 Å². The SMILES string of the molecule is Cn1cnc(-c2ccc3c(c2)CCC(=O)N3)c1C=O. The standard InChI is InChI=1S/C14H13N3O2/c1-17-8-15-14(12(17)7-18)10-2-4-11-9(6-10)3-5-13(19)16-11/h2,4,6-8H,3,5H2,1H3,(H,16,19). The molecule has 1 aliphatic heterocycles. The van der Waals surface area contributed by atoms with Crippen LogP contribution in [0.3, 0.4) is 0 Å². The van der Waals surface area contributed by atoms with Crippen LogP contribution in [0.15, 0.2) is 24.5 Å². The summed E-state index contributed by atoms with van der Waals surface area (Å²) >= 11 is 0. The predicted molar refractivity (Wildman–Crippen MR) is 71.0 cm³/mol. The van der Waals surface area contributed by atoms with E-state index in [0.717, 1.165) is 29.5 Å². The van der Waals surface area contributed by atoms with Crippen molar-refractivity contribution in [1.29, 1.82) is 0 Å². The van der Waals surface area contributed by atoms with Crippen molar-refractivity contribution in [2.75, 3.05) is 5.32 Å². The van der Waals surface area contributed by atoms with Gasteiger partial charge in [0.15, 0.2) is 6.29 Å². The highest BCUT2D eigenvalue weighted by atomic mass is 16.1. The molecule has 0 spiro atoms. The molecule has 0 unspecified atom stereocenters. The van der Waals surface area contributed by atoms with Gasteiger partial charge in [0, 0.05) is 24.7 Å². The number of amides is 1. The van der Waals surface area contributed by atoms with E-state index in [-0.39, 0.29) is 5.91 Å². The molecule has 0 bridgehead atoms. The fraction of sp³-hybridized carbons (Fsp3) is 0.214. The van der Waals surface area contributed by atoms with Crippen LogP contribution < -0.4 is 5.32 Å². The number of carbonyl (C=O) groups is 2. The van der Waals surface area contributed by atoms with Crippen molar-refractivity contribution in [3.05, 3.63) is 35.8 Å². The van der Waals surface area contributed by atoms with Crippen LogP contribution in [0.4, 0.5) is 5.69 Å². The summed E-state index contributed by atoms with van der Waals surface area (Å²) in [5, 5.41) is 2.84. The van der Waals surface area contributed by atoms with Crippen molar-refractivity contribution < 1.29 is 9.59 Å². The van der Waals surface area contributed by atoms with E-state index < -0.39 is 0 Å². The molecular formula is C14H13N3O2. The van der Waals surface area contributed by atoms with Crippen molar-refractivity contribution >= 4 is 17.9 Å². The second-order valence-corrected chi connectivity index (χ2v) is 4.63. The van der Waals surface area contributed by atoms with E-state index in [4.69, 9.17) is 0 Å². The van der Waals surface area contributed by atoms with Gasteiger partial charge in [0.2, 0.25) is 5.91 Å². The minimum atomic E-state index is 0.0478. The highest BCUT2D eigenvalue weighted by molar-refractivity contribution is 5.94. The molecular weight excluding hydrogens is 242 g/mol. The lowest BCUT2D eigenvalue weighted by molar-refractivity contribution is -0.116. The van der Waals surface area contributed by atoms with Crippen LogP contribution in [-0.4, -0.2) is 21.7 Å². The number of rotatable bonds is 2. The third kappa shape index (κ3) is 1.93. The first-order valence-electron chi connectivity index (χ1n) is 6.08. The summed E-state index contributed by atoms with van der Waals surface area (Å²) in [6.07, 6.45) is 3.65. The maximum atomic E-state index is 11.3. The van der Waals surface area contributed by atoms with Crippen LogP contribution in [0, 0.1) is 0 Å². The third-order valence-electron chi connectivity index (χ3n) is 3.37. The van der Waals surface area contributed by atoms with E-state index in [2.05, 4.69) is 10.3 Å². The maximum Gasteiger partial charge on any atom is 0.224 e. The third-order valence-corrected chi connectivity index (χ3v) is 3.37. The summed E-state index contributed by atoms with van der Waals surface area (Å²) in [6, 6.07) is 5.73. The number of aromatic nitrogens is 2. The molecule has 1 aromatic heterocycles. The summed E-state index contributed by atoms with van der Waals surface area (Å²) in [6.45, 7) is 0. The number of anilines is 1. The molecule has 1 amide bonds. The van der Waals surface area contributed by atoms with Crippen LogP contribution in [-0.2, 0) is 18.3 Å². The van der Waals surface area contributed by atoms with Crippen LogP contribution >= 0.6 is 0 Å². The molecule has 1 N–H and O–H groups in total. The highest BCUT2D eigenvalue weighted by Gasteiger charge is 2.17. The molecule has 3 rings (SSSR count). The number of benzene rings is 1. The molecule has 0 atom stereocenters. The lowest BCUT2D eigenvalue weighted by Gasteiger charge is -2.17. The number of fused-ring (bicyclic) bond motifs is 1. The van der Waals surface area contributed by atoms with Gasteiger partial charge < -0.3 is 9.88 Å². The molecule has 0 aliphatic carbocycles. The predicted octanol–water partition coefficient (Wildman–Crippen LogP) is 1.78. The Morgan fingerprint density at radius 3 is 3.00 bits per heavy atom. The van der Waals surface area contributed by atoms with E-state index >= 15 is 0 Å². The summed E-state index contributed by atoms with van der Waals surface area (Å²) in [4.78, 5) is 26.7. The van der Waals surface area contributed by atoms with Crippen molar-refractivity contribution in [3.63, 3.8) is 0 Å². The zero-order chi connectivity index (χ0) is 13.4. The van der Waals surface area contributed by atoms with Gasteiger partial charge >= 0.3 is 0 Å². The van der Waals surface area contributed by atoms with Crippen molar-refractivity contribution in [1.82, 2.24) is 9.55 Å². The monoisotopic (exact) mass is 255 g/mol. The first kappa shape index (κ1) is 11.6. The molecule has 19 heavy (non-hydrogen) atoms. The van der Waals surface area contributed by atoms with Gasteiger partial charge in [-0.25, -0.2) is 4.98 Å². The molecule has 5 heteroatoms. The average Bonchev–Trinajstić information content (AvgIpc) is 2.79. The molecule has 1 aliphatic rings. The second kappa shape index (κ2) is 4.35. The molecule has 0 radical (unpaired) electrons. The van der Waals surface area contributed by atoms with Gasteiger partial charge in [-0.2, -0.15) is 0 Å². The Morgan fingerprint density at radius 1 is 1.37 bits per heavy atom. The zero-order valence-electron chi connectivity index (χ0n) is 10.5. The Labute approximate surface area is 110 Å². The minimum absolute atomic E-state index is 0.0478. The Bertz CT molecular complexity index is 673. The van der Waals surface area contributed by atoms with Gasteiger partial charge in [-0.1, -0.05) is 6.07 Å². The van der Waals surface area contributed by atoms with Crippen LogP contribution in [0.5, 0.6) is 0 Å². The summed E-state index contributed by atoms with van der Waals surface area (Å²) in [5.41, 5.74) is 4.07. The van der Waals surface area contributed by atoms with Gasteiger partial charge in [-0.3, -0.25) is 9.59 Å². The minimum Gasteiger partial charge on any atom is -0.331 e. The Kier molecular flexibility index (Phi) is 2.67. The molecule has 96 valence electrons. The van der Waals surface area contributed by atoms with E-state index in [9.17, 15) is 9.59 Å². The topological polar surface area (TPSA) is 64.0 Å². The first-order chi connectivity index (χ1) is 9.19. The summed E-state index contributed by atoms with van der Waals surface area (Å²) in [7, 11) is 1.79. The lowest BCUT2D eigenvalue weighted by Crippen LogP contribution is -2.18. The number of nitrogens with zero attached hydrogens (tertiary/aromatic N) is 2. The zero-order valence-corrected chi connectivity index (χ0v) is 10.5. The van der Waals surface area contributed by atoms with E-state index in [1.807, 2.05) is 18.2 Å². The van der Waals surface area contributed by atoms with Crippen LogP contribution in [0.1, 0.15) is 22.5 Å². The molecule has 5 nitrogen and oxygen atoms in total. The van der Waals surface area contributed by atoms with E-state index in [1.54, 1.807) is 17.9 Å². The maximum absolute atomic E-state index is 11.3. The molecule has 0 fully saturated rings. The normalized spacial score (nSPS) is 13.8. The fourth-order valence-electron chi connectivity index (χ4n) is 2.33. The number of aldehydes is 1. The Balaban J connectivity index is 2.07. The molecule has 0 saturated heterocycles.